The number of hydrogen-bond donors (Lipinski definition) is 0. The molecule has 0 unspecified atom stereocenters. The highest BCUT2D eigenvalue weighted by atomic mass is 16.6. The minimum Gasteiger partial charge on any atom is -0.496 e. The van der Waals surface area contributed by atoms with E-state index in [0.29, 0.717) is 18.9 Å². The van der Waals surface area contributed by atoms with Crippen molar-refractivity contribution >= 4 is 17.2 Å². The average molecular weight is 320 g/mol. The Morgan fingerprint density at radius 3 is 2.78 bits per heavy atom. The average Bonchev–Trinajstić information content (AvgIpc) is 2.55. The smallest absolute Gasteiger partial charge is 0.320 e. The van der Waals surface area contributed by atoms with Gasteiger partial charge in [-0.2, -0.15) is 0 Å². The molecule has 1 aliphatic heterocycles. The molecule has 0 N–H and O–H groups in total. The van der Waals surface area contributed by atoms with E-state index in [-0.39, 0.29) is 18.2 Å². The van der Waals surface area contributed by atoms with Gasteiger partial charge in [0, 0.05) is 24.7 Å². The summed E-state index contributed by atoms with van der Waals surface area (Å²) in [7, 11) is 1.50. The number of nitro groups is 1. The van der Waals surface area contributed by atoms with E-state index in [1.54, 1.807) is 13.0 Å². The molecule has 7 heteroatoms. The molecule has 0 radical (unpaired) electrons. The van der Waals surface area contributed by atoms with Crippen molar-refractivity contribution in [2.24, 2.45) is 0 Å². The highest BCUT2D eigenvalue weighted by molar-refractivity contribution is 5.74. The second kappa shape index (κ2) is 7.73. The Labute approximate surface area is 134 Å². The fourth-order valence-corrected chi connectivity index (χ4v) is 2.55. The predicted octanol–water partition coefficient (Wildman–Crippen LogP) is 2.26. The molecule has 0 aromatic heterocycles. The summed E-state index contributed by atoms with van der Waals surface area (Å²) in [4.78, 5) is 23.9. The Hall–Kier alpha value is -2.41. The van der Waals surface area contributed by atoms with Gasteiger partial charge < -0.3 is 9.47 Å². The number of ether oxygens (including phenoxy) is 2. The van der Waals surface area contributed by atoms with Crippen molar-refractivity contribution in [3.05, 3.63) is 40.0 Å². The topological polar surface area (TPSA) is 81.9 Å². The predicted molar refractivity (Wildman–Crippen MR) is 85.3 cm³/mol. The molecule has 2 rings (SSSR count). The molecule has 1 aliphatic rings. The summed E-state index contributed by atoms with van der Waals surface area (Å²) in [5.41, 5.74) is 1.93. The Kier molecular flexibility index (Phi) is 5.70. The number of nitrogens with zero attached hydrogens (tertiary/aromatic N) is 2. The standard InChI is InChI=1S/C16H20N2O5/c1-3-23-16(19)11-17-8-6-12(7-9-17)14-5-4-13(18(20)21)10-15(14)22-2/h4-6,10H,3,7-9,11H2,1-2H3. The summed E-state index contributed by atoms with van der Waals surface area (Å²) in [6.45, 7) is 3.80. The van der Waals surface area contributed by atoms with Crippen LogP contribution in [0.5, 0.6) is 5.75 Å². The van der Waals surface area contributed by atoms with Crippen molar-refractivity contribution in [2.45, 2.75) is 13.3 Å². The quantitative estimate of drug-likeness (QED) is 0.454. The van der Waals surface area contributed by atoms with Gasteiger partial charge in [-0.05, 0) is 25.0 Å². The van der Waals surface area contributed by atoms with E-state index in [9.17, 15) is 14.9 Å². The van der Waals surface area contributed by atoms with Crippen LogP contribution in [0.4, 0.5) is 5.69 Å². The lowest BCUT2D eigenvalue weighted by Gasteiger charge is -2.26. The number of rotatable bonds is 6. The summed E-state index contributed by atoms with van der Waals surface area (Å²) in [5.74, 6) is 0.265. The molecule has 7 nitrogen and oxygen atoms in total. The second-order valence-corrected chi connectivity index (χ2v) is 5.16. The number of esters is 1. The lowest BCUT2D eigenvalue weighted by atomic mass is 9.98. The zero-order valence-electron chi connectivity index (χ0n) is 13.3. The number of carbonyl (C=O) groups excluding carboxylic acids is 1. The van der Waals surface area contributed by atoms with E-state index in [4.69, 9.17) is 9.47 Å². The van der Waals surface area contributed by atoms with Gasteiger partial charge in [0.25, 0.3) is 5.69 Å². The summed E-state index contributed by atoms with van der Waals surface area (Å²) in [6.07, 6.45) is 2.76. The molecule has 0 fully saturated rings. The maximum Gasteiger partial charge on any atom is 0.320 e. The van der Waals surface area contributed by atoms with Gasteiger partial charge in [-0.3, -0.25) is 19.8 Å². The van der Waals surface area contributed by atoms with Crippen molar-refractivity contribution in [1.29, 1.82) is 0 Å². The van der Waals surface area contributed by atoms with Crippen LogP contribution in [0.25, 0.3) is 5.57 Å². The van der Waals surface area contributed by atoms with Crippen molar-refractivity contribution in [3.8, 4) is 5.75 Å². The van der Waals surface area contributed by atoms with Gasteiger partial charge in [0.1, 0.15) is 5.75 Å². The second-order valence-electron chi connectivity index (χ2n) is 5.16. The minimum atomic E-state index is -0.442. The number of non-ortho nitro benzene ring substituents is 1. The van der Waals surface area contributed by atoms with Gasteiger partial charge in [-0.1, -0.05) is 6.08 Å². The van der Waals surface area contributed by atoms with E-state index in [0.717, 1.165) is 24.1 Å². The molecule has 0 bridgehead atoms. The van der Waals surface area contributed by atoms with Crippen LogP contribution in [0.2, 0.25) is 0 Å². The number of benzene rings is 1. The third-order valence-corrected chi connectivity index (χ3v) is 3.69. The molecule has 0 atom stereocenters. The number of nitro benzene ring substituents is 1. The first kappa shape index (κ1) is 17.0. The molecule has 1 aromatic rings. The fourth-order valence-electron chi connectivity index (χ4n) is 2.55. The lowest BCUT2D eigenvalue weighted by Crippen LogP contribution is -2.34. The van der Waals surface area contributed by atoms with Crippen LogP contribution >= 0.6 is 0 Å². The summed E-state index contributed by atoms with van der Waals surface area (Å²) in [6, 6.07) is 4.62. The molecule has 0 aliphatic carbocycles. The van der Waals surface area contributed by atoms with Crippen LogP contribution in [0.15, 0.2) is 24.3 Å². The molecule has 23 heavy (non-hydrogen) atoms. The molecular formula is C16H20N2O5. The van der Waals surface area contributed by atoms with E-state index in [1.165, 1.54) is 19.2 Å². The minimum absolute atomic E-state index is 0.00551. The Morgan fingerprint density at radius 2 is 2.22 bits per heavy atom. The van der Waals surface area contributed by atoms with E-state index >= 15 is 0 Å². The zero-order chi connectivity index (χ0) is 16.8. The Bertz CT molecular complexity index is 627. The first-order valence-electron chi connectivity index (χ1n) is 7.45. The number of hydrogen-bond acceptors (Lipinski definition) is 6. The molecular weight excluding hydrogens is 300 g/mol. The van der Waals surface area contributed by atoms with E-state index < -0.39 is 4.92 Å². The van der Waals surface area contributed by atoms with Gasteiger partial charge in [0.05, 0.1) is 31.3 Å². The van der Waals surface area contributed by atoms with Crippen molar-refractivity contribution < 1.29 is 19.2 Å². The first-order valence-corrected chi connectivity index (χ1v) is 7.45. The maximum atomic E-state index is 11.5. The molecule has 0 saturated heterocycles. The zero-order valence-corrected chi connectivity index (χ0v) is 13.3. The molecule has 1 aromatic carbocycles. The van der Waals surface area contributed by atoms with Gasteiger partial charge in [0.2, 0.25) is 0 Å². The van der Waals surface area contributed by atoms with Gasteiger partial charge in [-0.15, -0.1) is 0 Å². The highest BCUT2D eigenvalue weighted by Gasteiger charge is 2.19. The summed E-state index contributed by atoms with van der Waals surface area (Å²) < 4.78 is 10.2. The van der Waals surface area contributed by atoms with Crippen LogP contribution in [-0.4, -0.2) is 49.1 Å². The molecule has 0 amide bonds. The van der Waals surface area contributed by atoms with Crippen molar-refractivity contribution in [3.63, 3.8) is 0 Å². The van der Waals surface area contributed by atoms with Gasteiger partial charge in [-0.25, -0.2) is 0 Å². The fraction of sp³-hybridized carbons (Fsp3) is 0.438. The number of carbonyl (C=O) groups is 1. The van der Waals surface area contributed by atoms with Crippen LogP contribution in [0, 0.1) is 10.1 Å². The Morgan fingerprint density at radius 1 is 1.43 bits per heavy atom. The molecule has 0 spiro atoms. The maximum absolute atomic E-state index is 11.5. The molecule has 1 heterocycles. The van der Waals surface area contributed by atoms with Crippen molar-refractivity contribution in [1.82, 2.24) is 4.90 Å². The van der Waals surface area contributed by atoms with Gasteiger partial charge >= 0.3 is 5.97 Å². The Balaban J connectivity index is 2.10. The molecule has 0 saturated carbocycles. The third-order valence-electron chi connectivity index (χ3n) is 3.69. The third kappa shape index (κ3) is 4.29. The van der Waals surface area contributed by atoms with Crippen LogP contribution in [-0.2, 0) is 9.53 Å². The van der Waals surface area contributed by atoms with Crippen LogP contribution < -0.4 is 4.74 Å². The summed E-state index contributed by atoms with van der Waals surface area (Å²) >= 11 is 0. The van der Waals surface area contributed by atoms with Crippen LogP contribution in [0.1, 0.15) is 18.9 Å². The van der Waals surface area contributed by atoms with E-state index in [1.807, 2.05) is 11.0 Å². The van der Waals surface area contributed by atoms with Crippen LogP contribution in [0.3, 0.4) is 0 Å². The monoisotopic (exact) mass is 320 g/mol. The molecule has 124 valence electrons. The van der Waals surface area contributed by atoms with E-state index in [2.05, 4.69) is 0 Å². The number of methoxy groups -OCH3 is 1. The first-order chi connectivity index (χ1) is 11.0. The van der Waals surface area contributed by atoms with Crippen molar-refractivity contribution in [2.75, 3.05) is 33.4 Å². The highest BCUT2D eigenvalue weighted by Crippen LogP contribution is 2.33. The summed E-state index contributed by atoms with van der Waals surface area (Å²) in [5, 5.41) is 10.8. The van der Waals surface area contributed by atoms with Gasteiger partial charge in [0.15, 0.2) is 0 Å². The normalized spacial score (nSPS) is 15.0. The largest absolute Gasteiger partial charge is 0.496 e. The SMILES string of the molecule is CCOC(=O)CN1CC=C(c2ccc([N+](=O)[O-])cc2OC)CC1. The lowest BCUT2D eigenvalue weighted by molar-refractivity contribution is -0.384.